The van der Waals surface area contributed by atoms with Crippen LogP contribution in [0.25, 0.3) is 0 Å². The van der Waals surface area contributed by atoms with Gasteiger partial charge in [-0.1, -0.05) is 6.07 Å². The van der Waals surface area contributed by atoms with Crippen molar-refractivity contribution in [2.24, 2.45) is 0 Å². The van der Waals surface area contributed by atoms with Gasteiger partial charge in [0.2, 0.25) is 0 Å². The molecule has 5 nitrogen and oxygen atoms in total. The van der Waals surface area contributed by atoms with Gasteiger partial charge in [0.25, 0.3) is 0 Å². The molecule has 1 aromatic heterocycles. The number of β-amino-alcohol motifs (C(OH)–C–C–N with tert-alkyl or cyclic N) is 1. The third-order valence-electron chi connectivity index (χ3n) is 3.91. The number of rotatable bonds is 6. The summed E-state index contributed by atoms with van der Waals surface area (Å²) in [5.41, 5.74) is 0.593. The molecule has 0 amide bonds. The van der Waals surface area contributed by atoms with E-state index in [1.165, 1.54) is 4.88 Å². The highest BCUT2D eigenvalue weighted by Crippen LogP contribution is 2.26. The molecule has 2 atom stereocenters. The Morgan fingerprint density at radius 3 is 2.92 bits per heavy atom. The molecular formula is C18H20N2O3S. The predicted octanol–water partition coefficient (Wildman–Crippen LogP) is 2.43. The zero-order valence-electron chi connectivity index (χ0n) is 13.3. The smallest absolute Gasteiger partial charge is 0.119 e. The van der Waals surface area contributed by atoms with Crippen molar-refractivity contribution in [3.8, 4) is 11.8 Å². The van der Waals surface area contributed by atoms with Gasteiger partial charge in [0.15, 0.2) is 0 Å². The normalized spacial score (nSPS) is 19.6. The summed E-state index contributed by atoms with van der Waals surface area (Å²) >= 11 is 1.70. The largest absolute Gasteiger partial charge is 0.491 e. The van der Waals surface area contributed by atoms with Gasteiger partial charge >= 0.3 is 0 Å². The zero-order valence-corrected chi connectivity index (χ0v) is 14.1. The molecule has 2 unspecified atom stereocenters. The van der Waals surface area contributed by atoms with Crippen molar-refractivity contribution in [2.45, 2.75) is 12.2 Å². The Kier molecular flexibility index (Phi) is 5.83. The molecule has 24 heavy (non-hydrogen) atoms. The highest BCUT2D eigenvalue weighted by atomic mass is 32.1. The van der Waals surface area contributed by atoms with Gasteiger partial charge in [-0.05, 0) is 35.7 Å². The third-order valence-corrected chi connectivity index (χ3v) is 4.87. The standard InChI is InChI=1S/C18H20N2O3S/c19-10-14-3-5-16(6-4-14)23-13-15(21)11-20-7-8-22-17(12-20)18-2-1-9-24-18/h1-6,9,15,17,21H,7-8,11-13H2. The van der Waals surface area contributed by atoms with E-state index in [1.54, 1.807) is 35.6 Å². The first kappa shape index (κ1) is 16.9. The molecule has 126 valence electrons. The minimum absolute atomic E-state index is 0.0883. The number of nitrogens with zero attached hydrogens (tertiary/aromatic N) is 2. The molecule has 2 aromatic rings. The summed E-state index contributed by atoms with van der Waals surface area (Å²) in [5, 5.41) is 21.0. The molecule has 1 aliphatic heterocycles. The molecule has 1 aromatic carbocycles. The molecule has 1 saturated heterocycles. The number of morpholine rings is 1. The van der Waals surface area contributed by atoms with Gasteiger partial charge in [-0.2, -0.15) is 5.26 Å². The van der Waals surface area contributed by atoms with Crippen LogP contribution in [0.4, 0.5) is 0 Å². The van der Waals surface area contributed by atoms with E-state index in [0.29, 0.717) is 24.5 Å². The second-order valence-electron chi connectivity index (χ2n) is 5.74. The van der Waals surface area contributed by atoms with Gasteiger partial charge in [0.05, 0.1) is 18.2 Å². The first-order chi connectivity index (χ1) is 11.7. The maximum absolute atomic E-state index is 10.2. The van der Waals surface area contributed by atoms with Crippen LogP contribution in [0.15, 0.2) is 41.8 Å². The van der Waals surface area contributed by atoms with E-state index in [-0.39, 0.29) is 12.7 Å². The van der Waals surface area contributed by atoms with Crippen LogP contribution in [-0.4, -0.2) is 49.0 Å². The molecule has 0 aliphatic carbocycles. The van der Waals surface area contributed by atoms with Crippen LogP contribution in [0.1, 0.15) is 16.5 Å². The van der Waals surface area contributed by atoms with Crippen LogP contribution >= 0.6 is 11.3 Å². The number of thiophene rings is 1. The van der Waals surface area contributed by atoms with Crippen molar-refractivity contribution in [3.63, 3.8) is 0 Å². The van der Waals surface area contributed by atoms with E-state index in [2.05, 4.69) is 22.4 Å². The van der Waals surface area contributed by atoms with Gasteiger partial charge < -0.3 is 14.6 Å². The lowest BCUT2D eigenvalue weighted by Gasteiger charge is -2.33. The zero-order chi connectivity index (χ0) is 16.8. The van der Waals surface area contributed by atoms with Crippen molar-refractivity contribution in [3.05, 3.63) is 52.2 Å². The van der Waals surface area contributed by atoms with E-state index in [9.17, 15) is 5.11 Å². The molecule has 2 heterocycles. The lowest BCUT2D eigenvalue weighted by Crippen LogP contribution is -2.43. The first-order valence-electron chi connectivity index (χ1n) is 7.93. The van der Waals surface area contributed by atoms with Gasteiger partial charge in [0.1, 0.15) is 24.6 Å². The SMILES string of the molecule is N#Cc1ccc(OCC(O)CN2CCOC(c3cccs3)C2)cc1. The molecule has 0 bridgehead atoms. The summed E-state index contributed by atoms with van der Waals surface area (Å²) in [6.45, 7) is 3.06. The summed E-state index contributed by atoms with van der Waals surface area (Å²) in [7, 11) is 0. The average molecular weight is 344 g/mol. The van der Waals surface area contributed by atoms with Crippen molar-refractivity contribution < 1.29 is 14.6 Å². The molecule has 0 saturated carbocycles. The molecular weight excluding hydrogens is 324 g/mol. The Morgan fingerprint density at radius 1 is 1.38 bits per heavy atom. The second-order valence-corrected chi connectivity index (χ2v) is 6.71. The fourth-order valence-electron chi connectivity index (χ4n) is 2.68. The van der Waals surface area contributed by atoms with E-state index >= 15 is 0 Å². The molecule has 0 radical (unpaired) electrons. The number of nitriles is 1. The van der Waals surface area contributed by atoms with Crippen molar-refractivity contribution in [1.29, 1.82) is 5.26 Å². The summed E-state index contributed by atoms with van der Waals surface area (Å²) < 4.78 is 11.4. The highest BCUT2D eigenvalue weighted by Gasteiger charge is 2.24. The number of ether oxygens (including phenoxy) is 2. The number of aliphatic hydroxyl groups is 1. The minimum Gasteiger partial charge on any atom is -0.491 e. The Balaban J connectivity index is 1.45. The molecule has 1 N–H and O–H groups in total. The predicted molar refractivity (Wildman–Crippen MR) is 92.1 cm³/mol. The van der Waals surface area contributed by atoms with E-state index < -0.39 is 6.10 Å². The average Bonchev–Trinajstić information content (AvgIpc) is 3.15. The Bertz CT molecular complexity index is 667. The van der Waals surface area contributed by atoms with Gasteiger partial charge in [-0.3, -0.25) is 4.90 Å². The van der Waals surface area contributed by atoms with Crippen molar-refractivity contribution in [1.82, 2.24) is 4.90 Å². The second kappa shape index (κ2) is 8.27. The van der Waals surface area contributed by atoms with Gasteiger partial charge in [-0.25, -0.2) is 0 Å². The Morgan fingerprint density at radius 2 is 2.21 bits per heavy atom. The van der Waals surface area contributed by atoms with Crippen molar-refractivity contribution >= 4 is 11.3 Å². The molecule has 1 aliphatic rings. The Hall–Kier alpha value is -1.91. The highest BCUT2D eigenvalue weighted by molar-refractivity contribution is 7.10. The number of hydrogen-bond donors (Lipinski definition) is 1. The topological polar surface area (TPSA) is 65.7 Å². The molecule has 1 fully saturated rings. The number of benzene rings is 1. The molecule has 0 spiro atoms. The first-order valence-corrected chi connectivity index (χ1v) is 8.81. The van der Waals surface area contributed by atoms with E-state index in [1.807, 2.05) is 6.07 Å². The monoisotopic (exact) mass is 344 g/mol. The maximum atomic E-state index is 10.2. The third kappa shape index (κ3) is 4.56. The van der Waals surface area contributed by atoms with Crippen LogP contribution in [0.5, 0.6) is 5.75 Å². The van der Waals surface area contributed by atoms with Crippen LogP contribution in [-0.2, 0) is 4.74 Å². The summed E-state index contributed by atoms with van der Waals surface area (Å²) in [6, 6.07) is 13.1. The molecule has 3 rings (SSSR count). The fourth-order valence-corrected chi connectivity index (χ4v) is 3.45. The summed E-state index contributed by atoms with van der Waals surface area (Å²) in [6.07, 6.45) is -0.479. The summed E-state index contributed by atoms with van der Waals surface area (Å²) in [4.78, 5) is 3.43. The Labute approximate surface area is 145 Å². The van der Waals surface area contributed by atoms with Crippen molar-refractivity contribution in [2.75, 3.05) is 32.8 Å². The molecule has 6 heteroatoms. The van der Waals surface area contributed by atoms with Crippen LogP contribution in [0.3, 0.4) is 0 Å². The van der Waals surface area contributed by atoms with Gasteiger partial charge in [0, 0.05) is 24.5 Å². The van der Waals surface area contributed by atoms with E-state index in [4.69, 9.17) is 14.7 Å². The van der Waals surface area contributed by atoms with Gasteiger partial charge in [-0.15, -0.1) is 11.3 Å². The lowest BCUT2D eigenvalue weighted by molar-refractivity contribution is -0.0444. The maximum Gasteiger partial charge on any atom is 0.119 e. The fraction of sp³-hybridized carbons (Fsp3) is 0.389. The lowest BCUT2D eigenvalue weighted by atomic mass is 10.2. The minimum atomic E-state index is -0.567. The number of aliphatic hydroxyl groups excluding tert-OH is 1. The van der Waals surface area contributed by atoms with Crippen LogP contribution in [0, 0.1) is 11.3 Å². The number of hydrogen-bond acceptors (Lipinski definition) is 6. The van der Waals surface area contributed by atoms with Crippen LogP contribution < -0.4 is 4.74 Å². The summed E-state index contributed by atoms with van der Waals surface area (Å²) in [5.74, 6) is 0.659. The quantitative estimate of drug-likeness (QED) is 0.872. The van der Waals surface area contributed by atoms with Crippen LogP contribution in [0.2, 0.25) is 0 Å². The van der Waals surface area contributed by atoms with E-state index in [0.717, 1.165) is 13.1 Å².